The van der Waals surface area contributed by atoms with E-state index in [0.29, 0.717) is 18.5 Å². The van der Waals surface area contributed by atoms with Crippen molar-refractivity contribution < 1.29 is 22.7 Å². The lowest BCUT2D eigenvalue weighted by Crippen LogP contribution is -2.39. The fraction of sp³-hybridized carbons (Fsp3) is 0.429. The molecule has 0 unspecified atom stereocenters. The van der Waals surface area contributed by atoms with E-state index >= 15 is 0 Å². The van der Waals surface area contributed by atoms with Crippen molar-refractivity contribution in [1.29, 1.82) is 0 Å². The van der Waals surface area contributed by atoms with Crippen molar-refractivity contribution in [2.75, 3.05) is 5.32 Å². The molecule has 2 rings (SSSR count). The second-order valence-corrected chi connectivity index (χ2v) is 7.05. The molecule has 1 aliphatic heterocycles. The number of ether oxygens (including phenoxy) is 1. The van der Waals surface area contributed by atoms with Gasteiger partial charge in [-0.25, -0.2) is 13.6 Å². The number of cyclic esters (lactones) is 1. The molecule has 22 heavy (non-hydrogen) atoms. The fourth-order valence-electron chi connectivity index (χ4n) is 2.34. The number of esters is 1. The number of nitrogens with two attached hydrogens (primary N) is 1. The summed E-state index contributed by atoms with van der Waals surface area (Å²) in [5.74, 6) is -1.09. The van der Waals surface area contributed by atoms with Crippen LogP contribution in [0.5, 0.6) is 0 Å². The van der Waals surface area contributed by atoms with E-state index < -0.39 is 21.5 Å². The van der Waals surface area contributed by atoms with E-state index in [4.69, 9.17) is 9.88 Å². The van der Waals surface area contributed by atoms with Gasteiger partial charge in [0.15, 0.2) is 5.60 Å². The number of benzene rings is 1. The number of hydrogen-bond donors (Lipinski definition) is 2. The molecule has 7 nitrogen and oxygen atoms in total. The van der Waals surface area contributed by atoms with Crippen LogP contribution < -0.4 is 10.5 Å². The van der Waals surface area contributed by atoms with Crippen molar-refractivity contribution in [3.8, 4) is 0 Å². The van der Waals surface area contributed by atoms with E-state index in [1.54, 1.807) is 6.92 Å². The van der Waals surface area contributed by atoms with Crippen LogP contribution in [0.15, 0.2) is 29.2 Å². The van der Waals surface area contributed by atoms with Crippen LogP contribution in [-0.2, 0) is 24.3 Å². The molecule has 0 radical (unpaired) electrons. The minimum atomic E-state index is -3.78. The summed E-state index contributed by atoms with van der Waals surface area (Å²) in [6.07, 6.45) is 0.939. The Kier molecular flexibility index (Phi) is 4.25. The average molecular weight is 326 g/mol. The number of amides is 1. The monoisotopic (exact) mass is 326 g/mol. The number of sulfonamides is 1. The molecule has 1 aliphatic rings. The molecule has 0 aliphatic carbocycles. The predicted octanol–water partition coefficient (Wildman–Crippen LogP) is 1.00. The number of anilines is 1. The largest absolute Gasteiger partial charge is 0.449 e. The molecule has 1 aromatic rings. The Balaban J connectivity index is 2.11. The summed E-state index contributed by atoms with van der Waals surface area (Å²) in [6.45, 7) is 3.43. The van der Waals surface area contributed by atoms with Gasteiger partial charge in [0.1, 0.15) is 0 Å². The molecule has 1 saturated heterocycles. The van der Waals surface area contributed by atoms with E-state index in [-0.39, 0.29) is 16.8 Å². The Morgan fingerprint density at radius 2 is 2.00 bits per heavy atom. The Labute approximate surface area is 128 Å². The van der Waals surface area contributed by atoms with E-state index in [1.165, 1.54) is 24.3 Å². The number of carbonyl (C=O) groups is 2. The maximum absolute atomic E-state index is 12.3. The minimum absolute atomic E-state index is 0.0462. The molecule has 8 heteroatoms. The molecule has 120 valence electrons. The molecule has 3 N–H and O–H groups in total. The maximum atomic E-state index is 12.3. The zero-order valence-corrected chi connectivity index (χ0v) is 13.1. The summed E-state index contributed by atoms with van der Waals surface area (Å²) in [5.41, 5.74) is -0.814. The van der Waals surface area contributed by atoms with Gasteiger partial charge in [-0.1, -0.05) is 6.92 Å². The molecule has 1 aromatic carbocycles. The van der Waals surface area contributed by atoms with Gasteiger partial charge in [-0.3, -0.25) is 9.59 Å². The van der Waals surface area contributed by atoms with E-state index in [9.17, 15) is 18.0 Å². The van der Waals surface area contributed by atoms with Crippen molar-refractivity contribution >= 4 is 27.6 Å². The zero-order valence-electron chi connectivity index (χ0n) is 12.3. The van der Waals surface area contributed by atoms with Gasteiger partial charge in [-0.2, -0.15) is 0 Å². The summed E-state index contributed by atoms with van der Waals surface area (Å²) in [6, 6.07) is 5.44. The summed E-state index contributed by atoms with van der Waals surface area (Å²) in [4.78, 5) is 23.9. The smallest absolute Gasteiger partial charge is 0.310 e. The van der Waals surface area contributed by atoms with Crippen LogP contribution in [0.4, 0.5) is 5.69 Å². The number of nitrogens with one attached hydrogen (secondary N) is 1. The number of hydrogen-bond acceptors (Lipinski definition) is 5. The standard InChI is InChI=1S/C14H18N2O5S/c1-3-9-8-14(2,21-12(9)17)13(18)16-10-4-6-11(7-5-10)22(15,19)20/h4-7,9H,3,8H2,1-2H3,(H,16,18)(H2,15,19,20)/t9-,14+/m1/s1. The third-order valence-corrected chi connectivity index (χ3v) is 4.64. The molecular formula is C14H18N2O5S. The van der Waals surface area contributed by atoms with Gasteiger partial charge >= 0.3 is 5.97 Å². The second-order valence-electron chi connectivity index (χ2n) is 5.48. The van der Waals surface area contributed by atoms with Crippen molar-refractivity contribution in [3.63, 3.8) is 0 Å². The summed E-state index contributed by atoms with van der Waals surface area (Å²) in [7, 11) is -3.78. The van der Waals surface area contributed by atoms with Crippen molar-refractivity contribution in [2.45, 2.75) is 37.2 Å². The van der Waals surface area contributed by atoms with Gasteiger partial charge in [0, 0.05) is 12.1 Å². The average Bonchev–Trinajstić information content (AvgIpc) is 2.74. The summed E-state index contributed by atoms with van der Waals surface area (Å²) < 4.78 is 27.5. The van der Waals surface area contributed by atoms with Gasteiger partial charge in [-0.05, 0) is 37.6 Å². The van der Waals surface area contributed by atoms with Crippen molar-refractivity contribution in [2.24, 2.45) is 11.1 Å². The lowest BCUT2D eigenvalue weighted by Gasteiger charge is -2.21. The molecule has 1 fully saturated rings. The Morgan fingerprint density at radius 1 is 1.41 bits per heavy atom. The molecular weight excluding hydrogens is 308 g/mol. The van der Waals surface area contributed by atoms with Crippen molar-refractivity contribution in [1.82, 2.24) is 0 Å². The first-order valence-corrected chi connectivity index (χ1v) is 8.37. The summed E-state index contributed by atoms with van der Waals surface area (Å²) in [5, 5.41) is 7.62. The highest BCUT2D eigenvalue weighted by molar-refractivity contribution is 7.89. The van der Waals surface area contributed by atoms with E-state index in [0.717, 1.165) is 0 Å². The minimum Gasteiger partial charge on any atom is -0.449 e. The molecule has 0 spiro atoms. The van der Waals surface area contributed by atoms with E-state index in [2.05, 4.69) is 5.32 Å². The van der Waals surface area contributed by atoms with E-state index in [1.807, 2.05) is 6.92 Å². The molecule has 0 aromatic heterocycles. The van der Waals surface area contributed by atoms with Crippen LogP contribution in [0.3, 0.4) is 0 Å². The molecule has 1 heterocycles. The third kappa shape index (κ3) is 3.28. The van der Waals surface area contributed by atoms with Gasteiger partial charge in [0.05, 0.1) is 10.8 Å². The second kappa shape index (κ2) is 5.69. The predicted molar refractivity (Wildman–Crippen MR) is 79.3 cm³/mol. The van der Waals surface area contributed by atoms with Crippen LogP contribution >= 0.6 is 0 Å². The first-order valence-electron chi connectivity index (χ1n) is 6.83. The van der Waals surface area contributed by atoms with Crippen LogP contribution in [0.1, 0.15) is 26.7 Å². The first kappa shape index (κ1) is 16.4. The van der Waals surface area contributed by atoms with Gasteiger partial charge < -0.3 is 10.1 Å². The Morgan fingerprint density at radius 3 is 2.45 bits per heavy atom. The van der Waals surface area contributed by atoms with Crippen LogP contribution in [0, 0.1) is 5.92 Å². The molecule has 2 atom stereocenters. The lowest BCUT2D eigenvalue weighted by molar-refractivity contribution is -0.155. The Hall–Kier alpha value is -1.93. The summed E-state index contributed by atoms with van der Waals surface area (Å²) >= 11 is 0. The van der Waals surface area contributed by atoms with Crippen molar-refractivity contribution in [3.05, 3.63) is 24.3 Å². The SMILES string of the molecule is CC[C@@H]1C[C@@](C)(C(=O)Nc2ccc(S(N)(=O)=O)cc2)OC1=O. The zero-order chi connectivity index (χ0) is 16.5. The Bertz CT molecular complexity index is 698. The highest BCUT2D eigenvalue weighted by Gasteiger charge is 2.47. The molecule has 1 amide bonds. The highest BCUT2D eigenvalue weighted by Crippen LogP contribution is 2.33. The van der Waals surface area contributed by atoms with Crippen LogP contribution in [0.2, 0.25) is 0 Å². The fourth-order valence-corrected chi connectivity index (χ4v) is 2.86. The topological polar surface area (TPSA) is 116 Å². The number of primary sulfonamides is 1. The lowest BCUT2D eigenvalue weighted by atomic mass is 9.93. The van der Waals surface area contributed by atoms with Crippen LogP contribution in [-0.4, -0.2) is 25.9 Å². The molecule has 0 saturated carbocycles. The van der Waals surface area contributed by atoms with Gasteiger partial charge in [0.2, 0.25) is 10.0 Å². The number of carbonyl (C=O) groups excluding carboxylic acids is 2. The first-order chi connectivity index (χ1) is 10.2. The van der Waals surface area contributed by atoms with Gasteiger partial charge in [-0.15, -0.1) is 0 Å². The maximum Gasteiger partial charge on any atom is 0.310 e. The molecule has 0 bridgehead atoms. The van der Waals surface area contributed by atoms with Gasteiger partial charge in [0.25, 0.3) is 5.91 Å². The quantitative estimate of drug-likeness (QED) is 0.801. The highest BCUT2D eigenvalue weighted by atomic mass is 32.2. The normalized spacial score (nSPS) is 24.9. The van der Waals surface area contributed by atoms with Crippen LogP contribution in [0.25, 0.3) is 0 Å². The number of rotatable bonds is 4. The third-order valence-electron chi connectivity index (χ3n) is 3.71.